The molecule has 0 unspecified atom stereocenters. The normalized spacial score (nSPS) is 10.2. The van der Waals surface area contributed by atoms with E-state index in [0.717, 1.165) is 0 Å². The molecule has 0 atom stereocenters. The first kappa shape index (κ1) is 18.1. The Morgan fingerprint density at radius 3 is 2.20 bits per heavy atom. The summed E-state index contributed by atoms with van der Waals surface area (Å²) >= 11 is 0. The number of ketones is 1. The average molecular weight is 342 g/mol. The number of hydrogen-bond acceptors (Lipinski definition) is 5. The molecular formula is C18H18N2O5. The molecule has 2 aromatic rings. The van der Waals surface area contributed by atoms with Gasteiger partial charge in [-0.15, -0.1) is 0 Å². The van der Waals surface area contributed by atoms with E-state index in [9.17, 15) is 19.7 Å². The summed E-state index contributed by atoms with van der Waals surface area (Å²) in [5.74, 6) is -0.222. The monoisotopic (exact) mass is 342 g/mol. The Bertz CT molecular complexity index is 782. The Labute approximate surface area is 145 Å². The molecule has 0 aliphatic carbocycles. The molecule has 1 amide bonds. The minimum atomic E-state index is -0.534. The third-order valence-corrected chi connectivity index (χ3v) is 3.69. The number of benzene rings is 2. The molecule has 0 aliphatic rings. The second-order valence-corrected chi connectivity index (χ2v) is 5.17. The number of para-hydroxylation sites is 1. The summed E-state index contributed by atoms with van der Waals surface area (Å²) in [4.78, 5) is 36.5. The topological polar surface area (TPSA) is 89.8 Å². The largest absolute Gasteiger partial charge is 0.415 e. The van der Waals surface area contributed by atoms with Gasteiger partial charge in [0.05, 0.1) is 10.5 Å². The van der Waals surface area contributed by atoms with Crippen molar-refractivity contribution in [2.45, 2.75) is 13.8 Å². The smallest absolute Gasteiger partial charge is 0.409 e. The summed E-state index contributed by atoms with van der Waals surface area (Å²) in [5, 5.41) is 10.7. The van der Waals surface area contributed by atoms with Gasteiger partial charge in [-0.25, -0.2) is 4.79 Å². The number of rotatable bonds is 6. The minimum Gasteiger partial charge on any atom is -0.409 e. The highest BCUT2D eigenvalue weighted by Gasteiger charge is 2.19. The van der Waals surface area contributed by atoms with E-state index in [0.29, 0.717) is 13.1 Å². The van der Waals surface area contributed by atoms with Gasteiger partial charge in [-0.1, -0.05) is 12.1 Å². The van der Waals surface area contributed by atoms with Gasteiger partial charge in [0.1, 0.15) is 5.75 Å². The zero-order chi connectivity index (χ0) is 18.4. The van der Waals surface area contributed by atoms with Gasteiger partial charge in [-0.2, -0.15) is 0 Å². The predicted octanol–water partition coefficient (Wildman–Crippen LogP) is 3.67. The fourth-order valence-corrected chi connectivity index (χ4v) is 2.27. The van der Waals surface area contributed by atoms with Crippen LogP contribution in [0.3, 0.4) is 0 Å². The minimum absolute atomic E-state index is 0.0993. The molecule has 0 heterocycles. The van der Waals surface area contributed by atoms with Crippen LogP contribution in [-0.4, -0.2) is 34.8 Å². The molecule has 0 bridgehead atoms. The molecule has 130 valence electrons. The van der Waals surface area contributed by atoms with Crippen molar-refractivity contribution in [2.24, 2.45) is 0 Å². The van der Waals surface area contributed by atoms with Crippen LogP contribution in [0.15, 0.2) is 48.5 Å². The Hall–Kier alpha value is -3.22. The molecule has 0 spiro atoms. The number of amides is 1. The first-order chi connectivity index (χ1) is 12.0. The molecule has 0 saturated heterocycles. The summed E-state index contributed by atoms with van der Waals surface area (Å²) < 4.78 is 5.35. The Morgan fingerprint density at radius 2 is 1.64 bits per heavy atom. The van der Waals surface area contributed by atoms with Gasteiger partial charge in [0.15, 0.2) is 5.78 Å². The van der Waals surface area contributed by atoms with Crippen molar-refractivity contribution in [3.63, 3.8) is 0 Å². The Kier molecular flexibility index (Phi) is 5.84. The van der Waals surface area contributed by atoms with Crippen LogP contribution in [0.5, 0.6) is 5.75 Å². The van der Waals surface area contributed by atoms with Crippen molar-refractivity contribution >= 4 is 17.6 Å². The maximum absolute atomic E-state index is 12.7. The van der Waals surface area contributed by atoms with Crippen molar-refractivity contribution in [3.8, 4) is 5.75 Å². The van der Waals surface area contributed by atoms with Gasteiger partial charge in [0.2, 0.25) is 0 Å². The molecule has 2 rings (SSSR count). The molecule has 0 fully saturated rings. The van der Waals surface area contributed by atoms with E-state index in [1.165, 1.54) is 29.2 Å². The predicted molar refractivity (Wildman–Crippen MR) is 91.9 cm³/mol. The van der Waals surface area contributed by atoms with Crippen LogP contribution in [0.25, 0.3) is 0 Å². The number of non-ortho nitro benzene ring substituents is 1. The van der Waals surface area contributed by atoms with E-state index in [1.54, 1.807) is 24.3 Å². The molecule has 25 heavy (non-hydrogen) atoms. The second kappa shape index (κ2) is 8.05. The van der Waals surface area contributed by atoms with Gasteiger partial charge in [-0.3, -0.25) is 14.9 Å². The summed E-state index contributed by atoms with van der Waals surface area (Å²) in [5.41, 5.74) is 0.395. The van der Waals surface area contributed by atoms with Gasteiger partial charge >= 0.3 is 6.09 Å². The van der Waals surface area contributed by atoms with E-state index >= 15 is 0 Å². The summed E-state index contributed by atoms with van der Waals surface area (Å²) in [6.45, 7) is 4.65. The van der Waals surface area contributed by atoms with Crippen molar-refractivity contribution in [2.75, 3.05) is 13.1 Å². The van der Waals surface area contributed by atoms with Gasteiger partial charge in [0, 0.05) is 30.8 Å². The first-order valence-electron chi connectivity index (χ1n) is 7.82. The maximum atomic E-state index is 12.7. The Balaban J connectivity index is 2.28. The van der Waals surface area contributed by atoms with Crippen molar-refractivity contribution in [1.82, 2.24) is 4.90 Å². The van der Waals surface area contributed by atoms with Crippen LogP contribution in [0.4, 0.5) is 10.5 Å². The summed E-state index contributed by atoms with van der Waals surface area (Å²) in [6, 6.07) is 11.7. The number of nitro groups is 1. The lowest BCUT2D eigenvalue weighted by atomic mass is 10.0. The van der Waals surface area contributed by atoms with Crippen LogP contribution in [-0.2, 0) is 0 Å². The molecule has 0 saturated carbocycles. The van der Waals surface area contributed by atoms with E-state index in [4.69, 9.17) is 4.74 Å². The van der Waals surface area contributed by atoms with E-state index in [2.05, 4.69) is 0 Å². The third kappa shape index (κ3) is 4.20. The zero-order valence-corrected chi connectivity index (χ0v) is 14.0. The number of ether oxygens (including phenoxy) is 1. The highest BCUT2D eigenvalue weighted by molar-refractivity contribution is 6.11. The van der Waals surface area contributed by atoms with Crippen LogP contribution in [0, 0.1) is 10.1 Å². The molecular weight excluding hydrogens is 324 g/mol. The van der Waals surface area contributed by atoms with E-state index in [-0.39, 0.29) is 28.3 Å². The van der Waals surface area contributed by atoms with Gasteiger partial charge in [-0.05, 0) is 38.1 Å². The number of nitrogens with zero attached hydrogens (tertiary/aromatic N) is 2. The van der Waals surface area contributed by atoms with Crippen molar-refractivity contribution in [3.05, 3.63) is 69.8 Å². The number of carbonyl (C=O) groups is 2. The molecule has 0 aromatic heterocycles. The summed E-state index contributed by atoms with van der Waals surface area (Å²) in [7, 11) is 0. The fraction of sp³-hybridized carbons (Fsp3) is 0.222. The van der Waals surface area contributed by atoms with E-state index in [1.807, 2.05) is 13.8 Å². The lowest BCUT2D eigenvalue weighted by Gasteiger charge is -2.18. The summed E-state index contributed by atoms with van der Waals surface area (Å²) in [6.07, 6.45) is -0.533. The lowest BCUT2D eigenvalue weighted by Crippen LogP contribution is -2.33. The molecule has 0 aliphatic heterocycles. The SMILES string of the molecule is CCN(CC)C(=O)Oc1ccccc1C(=O)c1ccc([N+](=O)[O-])cc1. The Morgan fingerprint density at radius 1 is 1.04 bits per heavy atom. The molecule has 0 N–H and O–H groups in total. The average Bonchev–Trinajstić information content (AvgIpc) is 2.62. The van der Waals surface area contributed by atoms with Crippen LogP contribution in [0.2, 0.25) is 0 Å². The van der Waals surface area contributed by atoms with Crippen molar-refractivity contribution in [1.29, 1.82) is 0 Å². The van der Waals surface area contributed by atoms with Crippen LogP contribution in [0.1, 0.15) is 29.8 Å². The van der Waals surface area contributed by atoms with Gasteiger partial charge in [0.25, 0.3) is 5.69 Å². The number of nitro benzene ring substituents is 1. The first-order valence-corrected chi connectivity index (χ1v) is 7.82. The van der Waals surface area contributed by atoms with Gasteiger partial charge < -0.3 is 9.64 Å². The van der Waals surface area contributed by atoms with E-state index < -0.39 is 11.0 Å². The quantitative estimate of drug-likeness (QED) is 0.454. The number of carbonyl (C=O) groups excluding carboxylic acids is 2. The number of hydrogen-bond donors (Lipinski definition) is 0. The third-order valence-electron chi connectivity index (χ3n) is 3.69. The molecule has 7 nitrogen and oxygen atoms in total. The molecule has 7 heteroatoms. The molecule has 2 aromatic carbocycles. The zero-order valence-electron chi connectivity index (χ0n) is 14.0. The highest BCUT2D eigenvalue weighted by Crippen LogP contribution is 2.23. The maximum Gasteiger partial charge on any atom is 0.415 e. The van der Waals surface area contributed by atoms with Crippen molar-refractivity contribution < 1.29 is 19.2 Å². The molecule has 0 radical (unpaired) electrons. The van der Waals surface area contributed by atoms with Crippen LogP contribution < -0.4 is 4.74 Å². The van der Waals surface area contributed by atoms with Crippen LogP contribution >= 0.6 is 0 Å². The standard InChI is InChI=1S/C18H18N2O5/c1-3-19(4-2)18(22)25-16-8-6-5-7-15(16)17(21)13-9-11-14(12-10-13)20(23)24/h5-12H,3-4H2,1-2H3. The highest BCUT2D eigenvalue weighted by atomic mass is 16.6. The lowest BCUT2D eigenvalue weighted by molar-refractivity contribution is -0.384. The second-order valence-electron chi connectivity index (χ2n) is 5.17. The fourth-order valence-electron chi connectivity index (χ4n) is 2.27.